The Bertz CT molecular complexity index is 865. The van der Waals surface area contributed by atoms with Crippen molar-refractivity contribution in [3.63, 3.8) is 0 Å². The Hall–Kier alpha value is -1.84. The lowest BCUT2D eigenvalue weighted by Gasteiger charge is -2.31. The number of anilines is 1. The molecule has 1 aliphatic heterocycles. The molecule has 26 heavy (non-hydrogen) atoms. The van der Waals surface area contributed by atoms with E-state index < -0.39 is 15.9 Å². The Kier molecular flexibility index (Phi) is 5.69. The number of amides is 1. The van der Waals surface area contributed by atoms with Crippen molar-refractivity contribution in [2.45, 2.75) is 37.5 Å². The van der Waals surface area contributed by atoms with Crippen LogP contribution in [0.1, 0.15) is 37.6 Å². The minimum atomic E-state index is -3.58. The second-order valence-electron chi connectivity index (χ2n) is 6.60. The lowest BCUT2D eigenvalue weighted by Crippen LogP contribution is -2.43. The summed E-state index contributed by atoms with van der Waals surface area (Å²) >= 11 is 1.35. The van der Waals surface area contributed by atoms with Gasteiger partial charge in [0.15, 0.2) is 0 Å². The monoisotopic (exact) mass is 394 g/mol. The SMILES string of the molecule is CC(C)c1nnc(NC(=O)C2CCCN(S(=O)(=O)c3ccccc3)C2)s1. The van der Waals surface area contributed by atoms with Crippen molar-refractivity contribution in [1.29, 1.82) is 0 Å². The number of carbonyl (C=O) groups excluding carboxylic acids is 1. The fourth-order valence-electron chi connectivity index (χ4n) is 2.84. The predicted molar refractivity (Wildman–Crippen MR) is 101 cm³/mol. The zero-order chi connectivity index (χ0) is 18.7. The van der Waals surface area contributed by atoms with E-state index >= 15 is 0 Å². The molecule has 1 aromatic carbocycles. The molecule has 1 aromatic heterocycles. The zero-order valence-corrected chi connectivity index (χ0v) is 16.4. The molecular weight excluding hydrogens is 372 g/mol. The van der Waals surface area contributed by atoms with Gasteiger partial charge in [-0.1, -0.05) is 43.4 Å². The van der Waals surface area contributed by atoms with E-state index in [1.807, 2.05) is 13.8 Å². The van der Waals surface area contributed by atoms with Gasteiger partial charge in [-0.2, -0.15) is 4.31 Å². The van der Waals surface area contributed by atoms with Crippen LogP contribution in [0.25, 0.3) is 0 Å². The molecule has 2 aromatic rings. The summed E-state index contributed by atoms with van der Waals surface area (Å²) < 4.78 is 26.9. The smallest absolute Gasteiger partial charge is 0.243 e. The molecule has 0 aliphatic carbocycles. The second-order valence-corrected chi connectivity index (χ2v) is 9.55. The van der Waals surface area contributed by atoms with Crippen LogP contribution in [-0.4, -0.2) is 41.9 Å². The highest BCUT2D eigenvalue weighted by Crippen LogP contribution is 2.26. The van der Waals surface area contributed by atoms with Crippen LogP contribution >= 0.6 is 11.3 Å². The van der Waals surface area contributed by atoms with Gasteiger partial charge in [-0.15, -0.1) is 10.2 Å². The molecule has 1 amide bonds. The predicted octanol–water partition coefficient (Wildman–Crippen LogP) is 2.70. The van der Waals surface area contributed by atoms with Crippen molar-refractivity contribution >= 4 is 32.4 Å². The summed E-state index contributed by atoms with van der Waals surface area (Å²) in [5.41, 5.74) is 0. The Morgan fingerprint density at radius 1 is 1.27 bits per heavy atom. The van der Waals surface area contributed by atoms with Crippen molar-refractivity contribution in [3.8, 4) is 0 Å². The molecular formula is C17H22N4O3S2. The number of benzene rings is 1. The van der Waals surface area contributed by atoms with Gasteiger partial charge < -0.3 is 5.32 Å². The normalized spacial score (nSPS) is 18.8. The zero-order valence-electron chi connectivity index (χ0n) is 14.8. The largest absolute Gasteiger partial charge is 0.300 e. The third-order valence-electron chi connectivity index (χ3n) is 4.30. The van der Waals surface area contributed by atoms with Crippen LogP contribution in [0.5, 0.6) is 0 Å². The van der Waals surface area contributed by atoms with Gasteiger partial charge >= 0.3 is 0 Å². The van der Waals surface area contributed by atoms with E-state index in [9.17, 15) is 13.2 Å². The summed E-state index contributed by atoms with van der Waals surface area (Å²) in [4.78, 5) is 12.8. The average Bonchev–Trinajstić information content (AvgIpc) is 3.11. The van der Waals surface area contributed by atoms with E-state index in [4.69, 9.17) is 0 Å². The first kappa shape index (κ1) is 18.9. The summed E-state index contributed by atoms with van der Waals surface area (Å²) in [6.07, 6.45) is 1.31. The number of sulfonamides is 1. The minimum absolute atomic E-state index is 0.179. The maximum Gasteiger partial charge on any atom is 0.243 e. The number of aromatic nitrogens is 2. The number of piperidine rings is 1. The van der Waals surface area contributed by atoms with E-state index in [1.54, 1.807) is 30.3 Å². The summed E-state index contributed by atoms with van der Waals surface area (Å²) in [6.45, 7) is 4.63. The van der Waals surface area contributed by atoms with E-state index in [1.165, 1.54) is 15.6 Å². The summed E-state index contributed by atoms with van der Waals surface area (Å²) in [7, 11) is -3.58. The second kappa shape index (κ2) is 7.81. The van der Waals surface area contributed by atoms with Crippen molar-refractivity contribution in [3.05, 3.63) is 35.3 Å². The number of hydrogen-bond donors (Lipinski definition) is 1. The molecule has 1 saturated heterocycles. The molecule has 0 spiro atoms. The molecule has 0 saturated carbocycles. The Morgan fingerprint density at radius 3 is 2.65 bits per heavy atom. The van der Waals surface area contributed by atoms with Crippen molar-refractivity contribution < 1.29 is 13.2 Å². The van der Waals surface area contributed by atoms with Crippen LogP contribution < -0.4 is 5.32 Å². The Labute approximate surface area is 157 Å². The van der Waals surface area contributed by atoms with Gasteiger partial charge in [0.1, 0.15) is 5.01 Å². The van der Waals surface area contributed by atoms with Crippen molar-refractivity contribution in [2.75, 3.05) is 18.4 Å². The van der Waals surface area contributed by atoms with Gasteiger partial charge in [-0.3, -0.25) is 4.79 Å². The summed E-state index contributed by atoms with van der Waals surface area (Å²) in [6, 6.07) is 8.33. The van der Waals surface area contributed by atoms with E-state index in [-0.39, 0.29) is 23.3 Å². The van der Waals surface area contributed by atoms with Gasteiger partial charge in [0.2, 0.25) is 21.1 Å². The molecule has 1 fully saturated rings. The number of carbonyl (C=O) groups is 1. The topological polar surface area (TPSA) is 92.3 Å². The van der Waals surface area contributed by atoms with E-state index in [0.29, 0.717) is 24.5 Å². The number of nitrogens with one attached hydrogen (secondary N) is 1. The molecule has 1 atom stereocenters. The molecule has 3 rings (SSSR count). The maximum atomic E-state index is 12.8. The van der Waals surface area contributed by atoms with Crippen LogP contribution in [0.3, 0.4) is 0 Å². The van der Waals surface area contributed by atoms with Crippen LogP contribution in [0.4, 0.5) is 5.13 Å². The highest BCUT2D eigenvalue weighted by atomic mass is 32.2. The maximum absolute atomic E-state index is 12.8. The summed E-state index contributed by atoms with van der Waals surface area (Å²) in [5.74, 6) is -0.350. The molecule has 2 heterocycles. The quantitative estimate of drug-likeness (QED) is 0.842. The minimum Gasteiger partial charge on any atom is -0.300 e. The highest BCUT2D eigenvalue weighted by molar-refractivity contribution is 7.89. The number of nitrogens with zero attached hydrogens (tertiary/aromatic N) is 3. The van der Waals surface area contributed by atoms with Gasteiger partial charge in [0.05, 0.1) is 10.8 Å². The molecule has 1 aliphatic rings. The summed E-state index contributed by atoms with van der Waals surface area (Å²) in [5, 5.41) is 12.1. The Morgan fingerprint density at radius 2 is 2.00 bits per heavy atom. The van der Waals surface area contributed by atoms with Crippen LogP contribution in [0.2, 0.25) is 0 Å². The molecule has 9 heteroatoms. The Balaban J connectivity index is 1.68. The lowest BCUT2D eigenvalue weighted by molar-refractivity contribution is -0.120. The lowest BCUT2D eigenvalue weighted by atomic mass is 9.99. The third-order valence-corrected chi connectivity index (χ3v) is 7.32. The van der Waals surface area contributed by atoms with E-state index in [0.717, 1.165) is 5.01 Å². The molecule has 0 radical (unpaired) electrons. The van der Waals surface area contributed by atoms with Crippen molar-refractivity contribution in [1.82, 2.24) is 14.5 Å². The van der Waals surface area contributed by atoms with Crippen LogP contribution in [0, 0.1) is 5.92 Å². The fraction of sp³-hybridized carbons (Fsp3) is 0.471. The van der Waals surface area contributed by atoms with Crippen LogP contribution in [0.15, 0.2) is 35.2 Å². The molecule has 140 valence electrons. The average molecular weight is 395 g/mol. The number of rotatable bonds is 5. The fourth-order valence-corrected chi connectivity index (χ4v) is 5.14. The molecule has 1 unspecified atom stereocenters. The van der Waals surface area contributed by atoms with E-state index in [2.05, 4.69) is 15.5 Å². The first-order chi connectivity index (χ1) is 12.4. The van der Waals surface area contributed by atoms with Crippen molar-refractivity contribution in [2.24, 2.45) is 5.92 Å². The standard InChI is InChI=1S/C17H22N4O3S2/c1-12(2)16-19-20-17(25-16)18-15(22)13-7-6-10-21(11-13)26(23,24)14-8-4-3-5-9-14/h3-5,8-9,12-13H,6-7,10-11H2,1-2H3,(H,18,20,22). The highest BCUT2D eigenvalue weighted by Gasteiger charge is 2.33. The first-order valence-electron chi connectivity index (χ1n) is 8.57. The van der Waals surface area contributed by atoms with Gasteiger partial charge in [0, 0.05) is 19.0 Å². The van der Waals surface area contributed by atoms with Gasteiger partial charge in [-0.05, 0) is 25.0 Å². The molecule has 0 bridgehead atoms. The molecule has 7 nitrogen and oxygen atoms in total. The number of hydrogen-bond acceptors (Lipinski definition) is 6. The first-order valence-corrected chi connectivity index (χ1v) is 10.8. The third kappa shape index (κ3) is 4.11. The van der Waals surface area contributed by atoms with Crippen LogP contribution in [-0.2, 0) is 14.8 Å². The van der Waals surface area contributed by atoms with Gasteiger partial charge in [0.25, 0.3) is 0 Å². The van der Waals surface area contributed by atoms with Gasteiger partial charge in [-0.25, -0.2) is 8.42 Å². The molecule has 1 N–H and O–H groups in total.